The third-order valence-electron chi connectivity index (χ3n) is 3.24. The Kier molecular flexibility index (Phi) is 6.61. The van der Waals surface area contributed by atoms with Crippen molar-refractivity contribution in [2.24, 2.45) is 11.7 Å². The van der Waals surface area contributed by atoms with Crippen LogP contribution in [0, 0.1) is 5.92 Å². The fraction of sp³-hybridized carbons (Fsp3) is 0.533. The molecule has 0 aliphatic rings. The van der Waals surface area contributed by atoms with Gasteiger partial charge in [0.25, 0.3) is 5.56 Å². The monoisotopic (exact) mass is 354 g/mol. The van der Waals surface area contributed by atoms with Crippen molar-refractivity contribution in [3.05, 3.63) is 33.7 Å². The van der Waals surface area contributed by atoms with Crippen molar-refractivity contribution in [3.8, 4) is 0 Å². The van der Waals surface area contributed by atoms with Crippen molar-refractivity contribution >= 4 is 34.0 Å². The van der Waals surface area contributed by atoms with Gasteiger partial charge in [0.2, 0.25) is 5.91 Å². The van der Waals surface area contributed by atoms with Gasteiger partial charge in [-0.3, -0.25) is 14.0 Å². The molecule has 0 aliphatic heterocycles. The quantitative estimate of drug-likeness (QED) is 0.749. The number of thioether (sulfide) groups is 1. The fourth-order valence-electron chi connectivity index (χ4n) is 2.26. The Morgan fingerprint density at radius 1 is 1.52 bits per heavy atom. The summed E-state index contributed by atoms with van der Waals surface area (Å²) in [5.74, 6) is 1.33. The minimum Gasteiger partial charge on any atom is -0.351 e. The zero-order chi connectivity index (χ0) is 16.8. The molecule has 6 nitrogen and oxygen atoms in total. The van der Waals surface area contributed by atoms with Crippen molar-refractivity contribution in [2.45, 2.75) is 32.1 Å². The zero-order valence-electron chi connectivity index (χ0n) is 13.3. The molecule has 2 aromatic rings. The highest BCUT2D eigenvalue weighted by atomic mass is 32.2. The number of fused-ring (bicyclic) bond motifs is 1. The number of carbonyl (C=O) groups excluding carboxylic acids is 1. The van der Waals surface area contributed by atoms with Crippen LogP contribution in [0.5, 0.6) is 0 Å². The molecule has 3 N–H and O–H groups in total. The summed E-state index contributed by atoms with van der Waals surface area (Å²) < 4.78 is 1.52. The minimum atomic E-state index is -0.0866. The maximum atomic E-state index is 12.0. The van der Waals surface area contributed by atoms with Gasteiger partial charge in [-0.2, -0.15) is 0 Å². The van der Waals surface area contributed by atoms with Crippen LogP contribution < -0.4 is 16.6 Å². The van der Waals surface area contributed by atoms with E-state index in [9.17, 15) is 9.59 Å². The summed E-state index contributed by atoms with van der Waals surface area (Å²) >= 11 is 2.87. The largest absolute Gasteiger partial charge is 0.351 e. The summed E-state index contributed by atoms with van der Waals surface area (Å²) in [7, 11) is 0. The zero-order valence-corrected chi connectivity index (χ0v) is 15.0. The molecule has 0 spiro atoms. The molecule has 0 radical (unpaired) electrons. The van der Waals surface area contributed by atoms with Crippen LogP contribution in [0.4, 0.5) is 0 Å². The van der Waals surface area contributed by atoms with Crippen LogP contribution in [-0.2, 0) is 10.5 Å². The van der Waals surface area contributed by atoms with Gasteiger partial charge in [0.1, 0.15) is 0 Å². The summed E-state index contributed by atoms with van der Waals surface area (Å²) in [5, 5.41) is 4.78. The Balaban J connectivity index is 1.83. The smallest absolute Gasteiger partial charge is 0.258 e. The molecule has 0 aliphatic carbocycles. The van der Waals surface area contributed by atoms with E-state index in [4.69, 9.17) is 5.73 Å². The maximum Gasteiger partial charge on any atom is 0.258 e. The van der Waals surface area contributed by atoms with Crippen LogP contribution in [0.2, 0.25) is 0 Å². The van der Waals surface area contributed by atoms with E-state index < -0.39 is 0 Å². The van der Waals surface area contributed by atoms with Gasteiger partial charge in [-0.1, -0.05) is 13.8 Å². The number of nitrogens with one attached hydrogen (secondary N) is 1. The summed E-state index contributed by atoms with van der Waals surface area (Å²) in [4.78, 5) is 28.9. The normalized spacial score (nSPS) is 12.7. The summed E-state index contributed by atoms with van der Waals surface area (Å²) in [6.45, 7) is 4.66. The molecule has 0 aromatic carbocycles. The Hall–Kier alpha value is -1.38. The Labute approximate surface area is 143 Å². The summed E-state index contributed by atoms with van der Waals surface area (Å²) in [6.07, 6.45) is 2.58. The molecule has 23 heavy (non-hydrogen) atoms. The van der Waals surface area contributed by atoms with Crippen molar-refractivity contribution < 1.29 is 4.79 Å². The number of hydrogen-bond donors (Lipinski definition) is 2. The van der Waals surface area contributed by atoms with E-state index in [1.165, 1.54) is 33.6 Å². The summed E-state index contributed by atoms with van der Waals surface area (Å²) in [6, 6.07) is 1.54. The van der Waals surface area contributed by atoms with Gasteiger partial charge in [-0.25, -0.2) is 4.98 Å². The fourth-order valence-corrected chi connectivity index (χ4v) is 3.73. The van der Waals surface area contributed by atoms with Gasteiger partial charge in [-0.05, 0) is 12.3 Å². The number of rotatable bonds is 8. The van der Waals surface area contributed by atoms with Crippen molar-refractivity contribution in [1.29, 1.82) is 0 Å². The average Bonchev–Trinajstić information content (AvgIpc) is 2.95. The van der Waals surface area contributed by atoms with Crippen LogP contribution in [0.25, 0.3) is 4.96 Å². The number of hydrogen-bond acceptors (Lipinski definition) is 6. The van der Waals surface area contributed by atoms with Crippen LogP contribution in [0.1, 0.15) is 26.0 Å². The van der Waals surface area contributed by atoms with E-state index in [1.54, 1.807) is 6.20 Å². The second-order valence-corrected chi connectivity index (χ2v) is 7.62. The molecular formula is C15H22N4O2S2. The van der Waals surface area contributed by atoms with Gasteiger partial charge >= 0.3 is 0 Å². The van der Waals surface area contributed by atoms with E-state index in [0.29, 0.717) is 34.6 Å². The summed E-state index contributed by atoms with van der Waals surface area (Å²) in [5.41, 5.74) is 6.30. The molecule has 8 heteroatoms. The third-order valence-corrected chi connectivity index (χ3v) is 4.97. The molecule has 2 rings (SSSR count). The number of carbonyl (C=O) groups is 1. The van der Waals surface area contributed by atoms with E-state index in [-0.39, 0.29) is 17.5 Å². The van der Waals surface area contributed by atoms with Crippen LogP contribution in [0.3, 0.4) is 0 Å². The molecule has 0 bridgehead atoms. The van der Waals surface area contributed by atoms with E-state index in [2.05, 4.69) is 24.1 Å². The molecule has 1 amide bonds. The molecule has 0 saturated heterocycles. The molecule has 1 atom stereocenters. The van der Waals surface area contributed by atoms with E-state index in [0.717, 1.165) is 6.42 Å². The van der Waals surface area contributed by atoms with Gasteiger partial charge in [-0.15, -0.1) is 23.1 Å². The molecule has 0 fully saturated rings. The second-order valence-electron chi connectivity index (χ2n) is 5.76. The molecular weight excluding hydrogens is 332 g/mol. The van der Waals surface area contributed by atoms with Crippen LogP contribution in [-0.4, -0.2) is 33.6 Å². The topological polar surface area (TPSA) is 89.5 Å². The first kappa shape index (κ1) is 18.0. The van der Waals surface area contributed by atoms with Gasteiger partial charge in [0.15, 0.2) is 4.96 Å². The van der Waals surface area contributed by atoms with Crippen molar-refractivity contribution in [1.82, 2.24) is 14.7 Å². The molecule has 2 heterocycles. The number of thiazole rings is 1. The number of nitrogens with zero attached hydrogens (tertiary/aromatic N) is 2. The predicted octanol–water partition coefficient (Wildman–Crippen LogP) is 1.48. The highest BCUT2D eigenvalue weighted by molar-refractivity contribution is 7.99. The van der Waals surface area contributed by atoms with Gasteiger partial charge < -0.3 is 11.1 Å². The van der Waals surface area contributed by atoms with Crippen molar-refractivity contribution in [3.63, 3.8) is 0 Å². The number of nitrogens with two attached hydrogens (primary N) is 1. The lowest BCUT2D eigenvalue weighted by atomic mass is 10.0. The van der Waals surface area contributed by atoms with E-state index >= 15 is 0 Å². The average molecular weight is 355 g/mol. The minimum absolute atomic E-state index is 0.0216. The highest BCUT2D eigenvalue weighted by Crippen LogP contribution is 2.12. The van der Waals surface area contributed by atoms with Crippen LogP contribution in [0.15, 0.2) is 22.4 Å². The molecule has 126 valence electrons. The Bertz CT molecular complexity index is 711. The maximum absolute atomic E-state index is 12.0. The Morgan fingerprint density at radius 2 is 2.30 bits per heavy atom. The lowest BCUT2D eigenvalue weighted by Crippen LogP contribution is -2.41. The third kappa shape index (κ3) is 5.33. The first-order valence-corrected chi connectivity index (χ1v) is 9.56. The van der Waals surface area contributed by atoms with Gasteiger partial charge in [0, 0.05) is 36.0 Å². The molecule has 2 aromatic heterocycles. The number of amides is 1. The second kappa shape index (κ2) is 8.47. The molecule has 0 saturated carbocycles. The van der Waals surface area contributed by atoms with Crippen LogP contribution >= 0.6 is 23.1 Å². The molecule has 1 unspecified atom stereocenters. The lowest BCUT2D eigenvalue weighted by molar-refractivity contribution is -0.119. The van der Waals surface area contributed by atoms with Crippen molar-refractivity contribution in [2.75, 3.05) is 12.3 Å². The predicted molar refractivity (Wildman–Crippen MR) is 95.9 cm³/mol. The SMILES string of the molecule is CC(C)CC(CN)NC(=O)CSCc1cc(=O)n2ccsc2n1. The first-order valence-electron chi connectivity index (χ1n) is 7.52. The lowest BCUT2D eigenvalue weighted by Gasteiger charge is -2.18. The van der Waals surface area contributed by atoms with E-state index in [1.807, 2.05) is 5.38 Å². The number of aromatic nitrogens is 2. The Morgan fingerprint density at radius 3 is 3.00 bits per heavy atom. The highest BCUT2D eigenvalue weighted by Gasteiger charge is 2.12. The standard InChI is InChI=1S/C15H22N4O2S2/c1-10(2)5-11(7-16)17-13(20)9-22-8-12-6-14(21)19-3-4-23-15(19)18-12/h3-4,6,10-11H,5,7-9,16H2,1-2H3,(H,17,20). The van der Waals surface area contributed by atoms with Gasteiger partial charge in [0.05, 0.1) is 11.4 Å². The first-order chi connectivity index (χ1) is 11.0.